The number of hydrogen-bond donors (Lipinski definition) is 1. The van der Waals surface area contributed by atoms with E-state index >= 15 is 0 Å². The van der Waals surface area contributed by atoms with Gasteiger partial charge in [0.05, 0.1) is 6.04 Å². The van der Waals surface area contributed by atoms with E-state index in [1.54, 1.807) is 11.9 Å². The van der Waals surface area contributed by atoms with E-state index < -0.39 is 0 Å². The molecular weight excluding hydrogens is 302 g/mol. The summed E-state index contributed by atoms with van der Waals surface area (Å²) >= 11 is 0. The van der Waals surface area contributed by atoms with Crippen molar-refractivity contribution in [3.63, 3.8) is 0 Å². The van der Waals surface area contributed by atoms with Gasteiger partial charge in [0.15, 0.2) is 0 Å². The van der Waals surface area contributed by atoms with Crippen molar-refractivity contribution in [1.29, 1.82) is 0 Å². The van der Waals surface area contributed by atoms with E-state index in [0.29, 0.717) is 6.54 Å². The van der Waals surface area contributed by atoms with Crippen LogP contribution in [0.15, 0.2) is 53.2 Å². The summed E-state index contributed by atoms with van der Waals surface area (Å²) in [4.78, 5) is 14.1. The number of aryl methyl sites for hydroxylation is 1. The highest BCUT2D eigenvalue weighted by Crippen LogP contribution is 2.23. The Hall–Kier alpha value is -2.69. The first-order valence-corrected chi connectivity index (χ1v) is 8.21. The van der Waals surface area contributed by atoms with Gasteiger partial charge in [-0.2, -0.15) is 0 Å². The molecule has 0 bridgehead atoms. The highest BCUT2D eigenvalue weighted by Gasteiger charge is 2.17. The van der Waals surface area contributed by atoms with Crippen LogP contribution in [0.2, 0.25) is 0 Å². The molecule has 0 fully saturated rings. The number of furan rings is 1. The second-order valence-corrected chi connectivity index (χ2v) is 6.06. The number of carbonyl (C=O) groups excluding carboxylic acids is 1. The van der Waals surface area contributed by atoms with Gasteiger partial charge in [0.2, 0.25) is 0 Å². The average Bonchev–Trinajstić information content (AvgIpc) is 3.20. The fourth-order valence-corrected chi connectivity index (χ4v) is 2.71. The third kappa shape index (κ3) is 3.45. The van der Waals surface area contributed by atoms with E-state index in [-0.39, 0.29) is 12.1 Å². The van der Waals surface area contributed by atoms with Crippen molar-refractivity contribution in [2.24, 2.45) is 0 Å². The van der Waals surface area contributed by atoms with Crippen LogP contribution in [-0.2, 0) is 13.1 Å². The Kier molecular flexibility index (Phi) is 4.60. The standard InChI is InChI=1S/C19H23N3O2/c1-4-22-10-9-15(13-22)12-21(3)19(23)20-14(2)18-11-16-7-5-6-8-17(16)24-18/h5-11,13-14H,4,12H2,1-3H3,(H,20,23)/t14-/m1/s1. The number of amides is 2. The first kappa shape index (κ1) is 16.2. The molecule has 0 saturated carbocycles. The van der Waals surface area contributed by atoms with Gasteiger partial charge < -0.3 is 19.2 Å². The normalized spacial score (nSPS) is 12.3. The van der Waals surface area contributed by atoms with Crippen LogP contribution in [0.25, 0.3) is 11.0 Å². The quantitative estimate of drug-likeness (QED) is 0.766. The predicted octanol–water partition coefficient (Wildman–Crippen LogP) is 4.16. The number of urea groups is 1. The highest BCUT2D eigenvalue weighted by molar-refractivity contribution is 5.78. The van der Waals surface area contributed by atoms with Crippen molar-refractivity contribution < 1.29 is 9.21 Å². The van der Waals surface area contributed by atoms with Crippen LogP contribution in [0.4, 0.5) is 4.79 Å². The Morgan fingerprint density at radius 2 is 2.12 bits per heavy atom. The van der Waals surface area contributed by atoms with Gasteiger partial charge in [-0.25, -0.2) is 4.79 Å². The number of para-hydroxylation sites is 1. The van der Waals surface area contributed by atoms with Crippen molar-refractivity contribution in [1.82, 2.24) is 14.8 Å². The molecule has 0 spiro atoms. The van der Waals surface area contributed by atoms with Crippen molar-refractivity contribution in [3.8, 4) is 0 Å². The molecule has 0 radical (unpaired) electrons. The maximum atomic E-state index is 12.4. The molecule has 2 amide bonds. The molecule has 2 aromatic heterocycles. The molecule has 0 unspecified atom stereocenters. The van der Waals surface area contributed by atoms with Gasteiger partial charge in [-0.15, -0.1) is 0 Å². The third-order valence-corrected chi connectivity index (χ3v) is 4.15. The molecule has 0 aliphatic carbocycles. The maximum absolute atomic E-state index is 12.4. The van der Waals surface area contributed by atoms with Crippen LogP contribution in [0.3, 0.4) is 0 Å². The van der Waals surface area contributed by atoms with E-state index in [1.807, 2.05) is 49.5 Å². The van der Waals surface area contributed by atoms with Crippen LogP contribution in [-0.4, -0.2) is 22.5 Å². The molecule has 0 aliphatic rings. The minimum atomic E-state index is -0.187. The minimum Gasteiger partial charge on any atom is -0.459 e. The monoisotopic (exact) mass is 325 g/mol. The van der Waals surface area contributed by atoms with Crippen molar-refractivity contribution in [3.05, 3.63) is 60.1 Å². The van der Waals surface area contributed by atoms with Gasteiger partial charge in [0.1, 0.15) is 11.3 Å². The Bertz CT molecular complexity index is 801. The number of carbonyl (C=O) groups is 1. The topological polar surface area (TPSA) is 50.4 Å². The number of fused-ring (bicyclic) bond motifs is 1. The average molecular weight is 325 g/mol. The van der Waals surface area contributed by atoms with Crippen LogP contribution in [0.5, 0.6) is 0 Å². The summed E-state index contributed by atoms with van der Waals surface area (Å²) in [5.74, 6) is 0.759. The number of rotatable bonds is 5. The molecule has 1 atom stereocenters. The van der Waals surface area contributed by atoms with Gasteiger partial charge in [0, 0.05) is 37.9 Å². The number of nitrogens with one attached hydrogen (secondary N) is 1. The summed E-state index contributed by atoms with van der Waals surface area (Å²) in [5, 5.41) is 4.03. The number of hydrogen-bond acceptors (Lipinski definition) is 2. The lowest BCUT2D eigenvalue weighted by Crippen LogP contribution is -2.38. The fourth-order valence-electron chi connectivity index (χ4n) is 2.71. The van der Waals surface area contributed by atoms with Gasteiger partial charge >= 0.3 is 6.03 Å². The molecule has 2 heterocycles. The molecule has 1 N–H and O–H groups in total. The van der Waals surface area contributed by atoms with E-state index in [0.717, 1.165) is 28.8 Å². The molecule has 126 valence electrons. The third-order valence-electron chi connectivity index (χ3n) is 4.15. The molecule has 24 heavy (non-hydrogen) atoms. The lowest BCUT2D eigenvalue weighted by molar-refractivity contribution is 0.202. The predicted molar refractivity (Wildman–Crippen MR) is 94.7 cm³/mol. The Morgan fingerprint density at radius 3 is 2.83 bits per heavy atom. The number of benzene rings is 1. The minimum absolute atomic E-state index is 0.118. The second kappa shape index (κ2) is 6.83. The zero-order chi connectivity index (χ0) is 17.1. The molecule has 3 aromatic rings. The summed E-state index contributed by atoms with van der Waals surface area (Å²) in [6.07, 6.45) is 4.09. The molecule has 1 aromatic carbocycles. The van der Waals surface area contributed by atoms with Crippen LogP contribution >= 0.6 is 0 Å². The van der Waals surface area contributed by atoms with Crippen LogP contribution in [0, 0.1) is 0 Å². The molecular formula is C19H23N3O2. The first-order valence-electron chi connectivity index (χ1n) is 8.21. The molecule has 3 rings (SSSR count). The van der Waals surface area contributed by atoms with E-state index in [1.165, 1.54) is 0 Å². The second-order valence-electron chi connectivity index (χ2n) is 6.06. The van der Waals surface area contributed by atoms with Gasteiger partial charge in [-0.1, -0.05) is 18.2 Å². The molecule has 5 heteroatoms. The van der Waals surface area contributed by atoms with Crippen LogP contribution in [0.1, 0.15) is 31.2 Å². The van der Waals surface area contributed by atoms with Crippen LogP contribution < -0.4 is 5.32 Å². The van der Waals surface area contributed by atoms with Gasteiger partial charge in [-0.3, -0.25) is 0 Å². The number of aromatic nitrogens is 1. The lowest BCUT2D eigenvalue weighted by atomic mass is 10.2. The SMILES string of the molecule is CCn1ccc(CN(C)C(=O)N[C@H](C)c2cc3ccccc3o2)c1. The largest absolute Gasteiger partial charge is 0.459 e. The lowest BCUT2D eigenvalue weighted by Gasteiger charge is -2.20. The molecule has 0 saturated heterocycles. The first-order chi connectivity index (χ1) is 11.6. The van der Waals surface area contributed by atoms with E-state index in [4.69, 9.17) is 4.42 Å². The summed E-state index contributed by atoms with van der Waals surface area (Å²) in [6.45, 7) is 5.52. The number of nitrogens with zero attached hydrogens (tertiary/aromatic N) is 2. The van der Waals surface area contributed by atoms with Gasteiger partial charge in [0.25, 0.3) is 0 Å². The Labute approximate surface area is 141 Å². The van der Waals surface area contributed by atoms with Crippen molar-refractivity contribution in [2.45, 2.75) is 33.0 Å². The smallest absolute Gasteiger partial charge is 0.318 e. The molecule has 0 aliphatic heterocycles. The summed E-state index contributed by atoms with van der Waals surface area (Å²) in [7, 11) is 1.80. The summed E-state index contributed by atoms with van der Waals surface area (Å²) in [5.41, 5.74) is 1.95. The van der Waals surface area contributed by atoms with E-state index in [9.17, 15) is 4.79 Å². The van der Waals surface area contributed by atoms with E-state index in [2.05, 4.69) is 23.0 Å². The molecule has 5 nitrogen and oxygen atoms in total. The zero-order valence-electron chi connectivity index (χ0n) is 14.3. The summed E-state index contributed by atoms with van der Waals surface area (Å²) < 4.78 is 7.91. The maximum Gasteiger partial charge on any atom is 0.318 e. The Balaban J connectivity index is 1.62. The zero-order valence-corrected chi connectivity index (χ0v) is 14.3. The highest BCUT2D eigenvalue weighted by atomic mass is 16.3. The van der Waals surface area contributed by atoms with Gasteiger partial charge in [-0.05, 0) is 37.6 Å². The van der Waals surface area contributed by atoms with Crippen molar-refractivity contribution in [2.75, 3.05) is 7.05 Å². The fraction of sp³-hybridized carbons (Fsp3) is 0.316. The Morgan fingerprint density at radius 1 is 1.33 bits per heavy atom. The van der Waals surface area contributed by atoms with Crippen molar-refractivity contribution >= 4 is 17.0 Å². The summed E-state index contributed by atoms with van der Waals surface area (Å²) in [6, 6.07) is 11.5.